The van der Waals surface area contributed by atoms with Gasteiger partial charge in [-0.05, 0) is 31.5 Å². The summed E-state index contributed by atoms with van der Waals surface area (Å²) in [5.41, 5.74) is 1.15. The highest BCUT2D eigenvalue weighted by Crippen LogP contribution is 2.10. The third-order valence-electron chi connectivity index (χ3n) is 3.91. The molecule has 1 atom stereocenters. The topological polar surface area (TPSA) is 48.9 Å². The molecule has 0 radical (unpaired) electrons. The van der Waals surface area contributed by atoms with E-state index in [9.17, 15) is 0 Å². The summed E-state index contributed by atoms with van der Waals surface area (Å²) >= 11 is 5.91. The van der Waals surface area contributed by atoms with Crippen LogP contribution >= 0.6 is 11.6 Å². The quantitative estimate of drug-likeness (QED) is 0.616. The normalized spacial score (nSPS) is 17.8. The Morgan fingerprint density at radius 3 is 2.61 bits per heavy atom. The molecular weight excluding hydrogens is 312 g/mol. The average Bonchev–Trinajstić information content (AvgIpc) is 2.59. The van der Waals surface area contributed by atoms with Gasteiger partial charge in [0.25, 0.3) is 0 Å². The zero-order chi connectivity index (χ0) is 16.5. The standard InChI is InChI=1S/C17H27ClN4O/c1-3-19-17(21-13-15-4-6-16(18)7-5-15)20-12-14(2)22-8-10-23-11-9-22/h4-7,14H,3,8-13H2,1-2H3,(H2,19,20,21). The highest BCUT2D eigenvalue weighted by atomic mass is 35.5. The first-order valence-corrected chi connectivity index (χ1v) is 8.65. The second kappa shape index (κ2) is 9.75. The number of aliphatic imine (C=N–C) groups is 1. The summed E-state index contributed by atoms with van der Waals surface area (Å²) in [5.74, 6) is 0.850. The lowest BCUT2D eigenvalue weighted by molar-refractivity contribution is 0.0211. The summed E-state index contributed by atoms with van der Waals surface area (Å²) in [6.07, 6.45) is 0. The molecule has 1 unspecified atom stereocenters. The molecular formula is C17H27ClN4O. The molecule has 1 aliphatic rings. The molecule has 2 rings (SSSR count). The predicted molar refractivity (Wildman–Crippen MR) is 96.1 cm³/mol. The fourth-order valence-electron chi connectivity index (χ4n) is 2.49. The van der Waals surface area contributed by atoms with Crippen molar-refractivity contribution in [1.29, 1.82) is 0 Å². The van der Waals surface area contributed by atoms with E-state index >= 15 is 0 Å². The van der Waals surface area contributed by atoms with Crippen LogP contribution in [0, 0.1) is 0 Å². The van der Waals surface area contributed by atoms with Crippen LogP contribution in [0.25, 0.3) is 0 Å². The number of nitrogens with one attached hydrogen (secondary N) is 2. The van der Waals surface area contributed by atoms with Gasteiger partial charge in [0, 0.05) is 37.2 Å². The summed E-state index contributed by atoms with van der Waals surface area (Å²) in [6.45, 7) is 10.3. The largest absolute Gasteiger partial charge is 0.379 e. The monoisotopic (exact) mass is 338 g/mol. The molecule has 1 aromatic carbocycles. The van der Waals surface area contributed by atoms with E-state index in [2.05, 4.69) is 34.4 Å². The highest BCUT2D eigenvalue weighted by Gasteiger charge is 2.16. The molecule has 1 aliphatic heterocycles. The molecule has 6 heteroatoms. The Labute approximate surface area is 144 Å². The Bertz CT molecular complexity index is 486. The zero-order valence-corrected chi connectivity index (χ0v) is 14.8. The van der Waals surface area contributed by atoms with Gasteiger partial charge in [0.2, 0.25) is 0 Å². The summed E-state index contributed by atoms with van der Waals surface area (Å²) in [5, 5.41) is 7.47. The lowest BCUT2D eigenvalue weighted by Gasteiger charge is -2.32. The van der Waals surface area contributed by atoms with E-state index in [-0.39, 0.29) is 0 Å². The van der Waals surface area contributed by atoms with E-state index in [1.54, 1.807) is 0 Å². The summed E-state index contributed by atoms with van der Waals surface area (Å²) < 4.78 is 5.40. The smallest absolute Gasteiger partial charge is 0.191 e. The summed E-state index contributed by atoms with van der Waals surface area (Å²) in [6, 6.07) is 8.26. The number of morpholine rings is 1. The van der Waals surface area contributed by atoms with Crippen molar-refractivity contribution in [3.05, 3.63) is 34.9 Å². The fraction of sp³-hybridized carbons (Fsp3) is 0.588. The van der Waals surface area contributed by atoms with Gasteiger partial charge in [0.1, 0.15) is 0 Å². The van der Waals surface area contributed by atoms with Crippen molar-refractivity contribution in [2.24, 2.45) is 4.99 Å². The van der Waals surface area contributed by atoms with Crippen LogP contribution in [0.1, 0.15) is 19.4 Å². The lowest BCUT2D eigenvalue weighted by atomic mass is 10.2. The number of hydrogen-bond donors (Lipinski definition) is 2. The molecule has 23 heavy (non-hydrogen) atoms. The minimum Gasteiger partial charge on any atom is -0.379 e. The zero-order valence-electron chi connectivity index (χ0n) is 14.0. The third kappa shape index (κ3) is 6.37. The van der Waals surface area contributed by atoms with Crippen LogP contribution in [-0.4, -0.2) is 56.3 Å². The van der Waals surface area contributed by atoms with Crippen LogP contribution in [-0.2, 0) is 11.3 Å². The van der Waals surface area contributed by atoms with Gasteiger partial charge in [0.15, 0.2) is 5.96 Å². The molecule has 128 valence electrons. The SMILES string of the molecule is CCNC(=NCc1ccc(Cl)cc1)NCC(C)N1CCOCC1. The Morgan fingerprint density at radius 1 is 1.26 bits per heavy atom. The second-order valence-electron chi connectivity index (χ2n) is 5.70. The van der Waals surface area contributed by atoms with Gasteiger partial charge in [-0.1, -0.05) is 23.7 Å². The van der Waals surface area contributed by atoms with Crippen molar-refractivity contribution in [3.8, 4) is 0 Å². The maximum absolute atomic E-state index is 5.91. The second-order valence-corrected chi connectivity index (χ2v) is 6.14. The first-order valence-electron chi connectivity index (χ1n) is 8.27. The number of guanidine groups is 1. The highest BCUT2D eigenvalue weighted by molar-refractivity contribution is 6.30. The van der Waals surface area contributed by atoms with E-state index in [1.807, 2.05) is 24.3 Å². The van der Waals surface area contributed by atoms with Crippen LogP contribution in [0.4, 0.5) is 0 Å². The Kier molecular flexibility index (Phi) is 7.65. The summed E-state index contributed by atoms with van der Waals surface area (Å²) in [4.78, 5) is 7.08. The van der Waals surface area contributed by atoms with Crippen molar-refractivity contribution in [1.82, 2.24) is 15.5 Å². The first-order chi connectivity index (χ1) is 11.2. The van der Waals surface area contributed by atoms with E-state index in [1.165, 1.54) is 0 Å². The van der Waals surface area contributed by atoms with Crippen molar-refractivity contribution in [3.63, 3.8) is 0 Å². The van der Waals surface area contributed by atoms with Gasteiger partial charge in [-0.15, -0.1) is 0 Å². The number of nitrogens with zero attached hydrogens (tertiary/aromatic N) is 2. The fourth-order valence-corrected chi connectivity index (χ4v) is 2.62. The van der Waals surface area contributed by atoms with Crippen molar-refractivity contribution in [2.75, 3.05) is 39.4 Å². The Morgan fingerprint density at radius 2 is 1.96 bits per heavy atom. The van der Waals surface area contributed by atoms with Gasteiger partial charge in [-0.3, -0.25) is 4.90 Å². The molecule has 5 nitrogen and oxygen atoms in total. The van der Waals surface area contributed by atoms with Crippen LogP contribution < -0.4 is 10.6 Å². The molecule has 1 fully saturated rings. The Balaban J connectivity index is 1.84. The van der Waals surface area contributed by atoms with Crippen LogP contribution in [0.5, 0.6) is 0 Å². The van der Waals surface area contributed by atoms with Gasteiger partial charge >= 0.3 is 0 Å². The molecule has 0 amide bonds. The van der Waals surface area contributed by atoms with Crippen molar-refractivity contribution >= 4 is 17.6 Å². The molecule has 2 N–H and O–H groups in total. The molecule has 1 saturated heterocycles. The van der Waals surface area contributed by atoms with Gasteiger partial charge in [0.05, 0.1) is 19.8 Å². The maximum Gasteiger partial charge on any atom is 0.191 e. The Hall–Kier alpha value is -1.30. The summed E-state index contributed by atoms with van der Waals surface area (Å²) in [7, 11) is 0. The molecule has 1 heterocycles. The first kappa shape index (κ1) is 18.0. The number of benzene rings is 1. The molecule has 0 aromatic heterocycles. The van der Waals surface area contributed by atoms with Gasteiger partial charge < -0.3 is 15.4 Å². The van der Waals surface area contributed by atoms with E-state index < -0.39 is 0 Å². The minimum atomic E-state index is 0.457. The average molecular weight is 339 g/mol. The third-order valence-corrected chi connectivity index (χ3v) is 4.16. The van der Waals surface area contributed by atoms with Gasteiger partial charge in [-0.2, -0.15) is 0 Å². The number of hydrogen-bond acceptors (Lipinski definition) is 3. The lowest BCUT2D eigenvalue weighted by Crippen LogP contribution is -2.49. The van der Waals surface area contributed by atoms with Crippen molar-refractivity contribution < 1.29 is 4.74 Å². The predicted octanol–water partition coefficient (Wildman–Crippen LogP) is 2.12. The molecule has 0 bridgehead atoms. The number of ether oxygens (including phenoxy) is 1. The maximum atomic E-state index is 5.91. The molecule has 0 aliphatic carbocycles. The number of rotatable bonds is 6. The van der Waals surface area contributed by atoms with Crippen LogP contribution in [0.3, 0.4) is 0 Å². The van der Waals surface area contributed by atoms with Crippen LogP contribution in [0.2, 0.25) is 5.02 Å². The molecule has 0 saturated carbocycles. The van der Waals surface area contributed by atoms with E-state index in [0.29, 0.717) is 12.6 Å². The van der Waals surface area contributed by atoms with Crippen molar-refractivity contribution in [2.45, 2.75) is 26.4 Å². The molecule has 0 spiro atoms. The van der Waals surface area contributed by atoms with Crippen LogP contribution in [0.15, 0.2) is 29.3 Å². The molecule has 1 aromatic rings. The minimum absolute atomic E-state index is 0.457. The van der Waals surface area contributed by atoms with E-state index in [4.69, 9.17) is 16.3 Å². The van der Waals surface area contributed by atoms with Gasteiger partial charge in [-0.25, -0.2) is 4.99 Å². The number of halogens is 1. The van der Waals surface area contributed by atoms with E-state index in [0.717, 1.165) is 55.9 Å².